The van der Waals surface area contributed by atoms with E-state index < -0.39 is 12.0 Å². The summed E-state index contributed by atoms with van der Waals surface area (Å²) < 4.78 is 6.42. The smallest absolute Gasteiger partial charge is 0.338 e. The number of rotatable bonds is 4. The van der Waals surface area contributed by atoms with E-state index in [1.165, 1.54) is 0 Å². The van der Waals surface area contributed by atoms with Crippen molar-refractivity contribution in [3.8, 4) is 0 Å². The summed E-state index contributed by atoms with van der Waals surface area (Å²) in [6.45, 7) is 6.12. The maximum Gasteiger partial charge on any atom is 0.338 e. The normalized spacial score (nSPS) is 20.2. The zero-order valence-electron chi connectivity index (χ0n) is 15.0. The van der Waals surface area contributed by atoms with Crippen LogP contribution < -0.4 is 0 Å². The van der Waals surface area contributed by atoms with Crippen LogP contribution in [-0.2, 0) is 14.3 Å². The number of benzene rings is 1. The van der Waals surface area contributed by atoms with Gasteiger partial charge in [0.15, 0.2) is 5.17 Å². The molecule has 0 aromatic heterocycles. The summed E-state index contributed by atoms with van der Waals surface area (Å²) in [7, 11) is 0. The van der Waals surface area contributed by atoms with Gasteiger partial charge in [0.25, 0.3) is 0 Å². The highest BCUT2D eigenvalue weighted by atomic mass is 79.9. The van der Waals surface area contributed by atoms with Crippen molar-refractivity contribution in [2.45, 2.75) is 33.2 Å². The molecular formula is C19H21BrN2O3S. The molecule has 0 unspecified atom stereocenters. The molecule has 138 valence electrons. The molecule has 0 saturated carbocycles. The summed E-state index contributed by atoms with van der Waals surface area (Å²) in [5.74, 6) is 0.523. The van der Waals surface area contributed by atoms with Gasteiger partial charge in [-0.1, -0.05) is 53.7 Å². The minimum atomic E-state index is -0.504. The van der Waals surface area contributed by atoms with Gasteiger partial charge in [0.1, 0.15) is 0 Å². The van der Waals surface area contributed by atoms with Gasteiger partial charge in [-0.3, -0.25) is 9.69 Å². The van der Waals surface area contributed by atoms with E-state index in [0.29, 0.717) is 35.2 Å². The lowest BCUT2D eigenvalue weighted by molar-refractivity contribution is -0.141. The Morgan fingerprint density at radius 2 is 2.08 bits per heavy atom. The number of allylic oxidation sites excluding steroid dienone is 1. The highest BCUT2D eigenvalue weighted by Crippen LogP contribution is 2.40. The predicted octanol–water partition coefficient (Wildman–Crippen LogP) is 4.30. The number of hydrogen-bond donors (Lipinski definition) is 0. The van der Waals surface area contributed by atoms with Gasteiger partial charge >= 0.3 is 5.97 Å². The molecule has 2 heterocycles. The molecule has 1 saturated heterocycles. The molecule has 1 atom stereocenters. The van der Waals surface area contributed by atoms with Crippen LogP contribution in [0.1, 0.15) is 38.8 Å². The minimum Gasteiger partial charge on any atom is -0.462 e. The molecule has 0 aliphatic carbocycles. The zero-order valence-corrected chi connectivity index (χ0v) is 17.4. The average molecular weight is 437 g/mol. The Morgan fingerprint density at radius 3 is 2.73 bits per heavy atom. The number of esters is 1. The number of carbonyl (C=O) groups is 2. The number of aliphatic imine (C=N–C) groups is 1. The fraction of sp³-hybridized carbons (Fsp3) is 0.421. The van der Waals surface area contributed by atoms with Crippen LogP contribution in [0.3, 0.4) is 0 Å². The third-order valence-corrected chi connectivity index (χ3v) is 5.64. The van der Waals surface area contributed by atoms with Gasteiger partial charge in [-0.15, -0.1) is 0 Å². The third kappa shape index (κ3) is 3.88. The zero-order chi connectivity index (χ0) is 18.8. The second-order valence-corrected chi connectivity index (χ2v) is 8.68. The van der Waals surface area contributed by atoms with E-state index in [-0.39, 0.29) is 11.8 Å². The van der Waals surface area contributed by atoms with Crippen LogP contribution in [0.2, 0.25) is 0 Å². The third-order valence-electron chi connectivity index (χ3n) is 4.16. The van der Waals surface area contributed by atoms with Gasteiger partial charge in [-0.2, -0.15) is 0 Å². The Hall–Kier alpha value is -1.60. The van der Waals surface area contributed by atoms with E-state index >= 15 is 0 Å². The monoisotopic (exact) mass is 436 g/mol. The van der Waals surface area contributed by atoms with Crippen molar-refractivity contribution in [1.29, 1.82) is 0 Å². The highest BCUT2D eigenvalue weighted by Gasteiger charge is 2.41. The Bertz CT molecular complexity index is 786. The molecule has 5 nitrogen and oxygen atoms in total. The van der Waals surface area contributed by atoms with E-state index in [4.69, 9.17) is 4.74 Å². The lowest BCUT2D eigenvalue weighted by Gasteiger charge is -2.39. The fourth-order valence-electron chi connectivity index (χ4n) is 2.94. The molecule has 1 amide bonds. The van der Waals surface area contributed by atoms with Gasteiger partial charge in [0.05, 0.1) is 23.9 Å². The van der Waals surface area contributed by atoms with Gasteiger partial charge in [0.2, 0.25) is 5.91 Å². The first kappa shape index (κ1) is 19.2. The maximum atomic E-state index is 12.8. The molecule has 0 N–H and O–H groups in total. The van der Waals surface area contributed by atoms with Crippen molar-refractivity contribution in [1.82, 2.24) is 4.90 Å². The summed E-state index contributed by atoms with van der Waals surface area (Å²) in [6, 6.07) is 7.17. The lowest BCUT2D eigenvalue weighted by Crippen LogP contribution is -2.45. The first-order chi connectivity index (χ1) is 12.4. The number of thioether (sulfide) groups is 1. The summed E-state index contributed by atoms with van der Waals surface area (Å²) in [5, 5.41) is 0.659. The van der Waals surface area contributed by atoms with Gasteiger partial charge < -0.3 is 4.74 Å². The number of ether oxygens (including phenoxy) is 1. The standard InChI is InChI=1S/C19H21BrN2O3S/c1-11(2)10-25-18(24)16-12(3)21-19-22(15(23)8-9-26-19)17(16)13-4-6-14(20)7-5-13/h4-7,11,17H,8-10H2,1-3H3/t17-/m1/s1. The van der Waals surface area contributed by atoms with Gasteiger partial charge in [-0.25, -0.2) is 9.79 Å². The molecular weight excluding hydrogens is 416 g/mol. The number of nitrogens with zero attached hydrogens (tertiary/aromatic N) is 2. The molecule has 2 aliphatic heterocycles. The molecule has 1 fully saturated rings. The Morgan fingerprint density at radius 1 is 1.38 bits per heavy atom. The Labute approximate surface area is 166 Å². The number of hydrogen-bond acceptors (Lipinski definition) is 5. The lowest BCUT2D eigenvalue weighted by atomic mass is 9.94. The van der Waals surface area contributed by atoms with E-state index in [1.54, 1.807) is 16.7 Å². The molecule has 0 radical (unpaired) electrons. The second kappa shape index (κ2) is 7.96. The number of amidine groups is 1. The van der Waals surface area contributed by atoms with Crippen LogP contribution in [-0.4, -0.2) is 34.3 Å². The second-order valence-electron chi connectivity index (χ2n) is 6.70. The molecule has 1 aromatic rings. The first-order valence-corrected chi connectivity index (χ1v) is 10.3. The number of carbonyl (C=O) groups excluding carboxylic acids is 2. The maximum absolute atomic E-state index is 12.8. The number of halogens is 1. The molecule has 1 aromatic carbocycles. The quantitative estimate of drug-likeness (QED) is 0.660. The van der Waals surface area contributed by atoms with Crippen molar-refractivity contribution in [2.75, 3.05) is 12.4 Å². The molecule has 0 bridgehead atoms. The molecule has 0 spiro atoms. The van der Waals surface area contributed by atoms with Crippen molar-refractivity contribution < 1.29 is 14.3 Å². The Balaban J connectivity index is 2.06. The highest BCUT2D eigenvalue weighted by molar-refractivity contribution is 9.10. The van der Waals surface area contributed by atoms with Crippen LogP contribution in [0.5, 0.6) is 0 Å². The van der Waals surface area contributed by atoms with Crippen molar-refractivity contribution in [3.63, 3.8) is 0 Å². The minimum absolute atomic E-state index is 0.0166. The van der Waals surface area contributed by atoms with Crippen LogP contribution in [0.25, 0.3) is 0 Å². The largest absolute Gasteiger partial charge is 0.462 e. The summed E-state index contributed by atoms with van der Waals surface area (Å²) in [6.07, 6.45) is 0.435. The summed E-state index contributed by atoms with van der Waals surface area (Å²) in [5.41, 5.74) is 1.92. The number of amides is 1. The summed E-state index contributed by atoms with van der Waals surface area (Å²) >= 11 is 4.98. The molecule has 26 heavy (non-hydrogen) atoms. The van der Waals surface area contributed by atoms with Gasteiger partial charge in [-0.05, 0) is 30.5 Å². The SMILES string of the molecule is CC1=C(C(=O)OCC(C)C)[C@@H](c2ccc(Br)cc2)N2C(=O)CCSC2=N1. The van der Waals surface area contributed by atoms with Crippen LogP contribution in [0, 0.1) is 5.92 Å². The van der Waals surface area contributed by atoms with Crippen molar-refractivity contribution >= 4 is 44.7 Å². The van der Waals surface area contributed by atoms with E-state index in [9.17, 15) is 9.59 Å². The average Bonchev–Trinajstić information content (AvgIpc) is 2.59. The van der Waals surface area contributed by atoms with Crippen LogP contribution >= 0.6 is 27.7 Å². The molecule has 7 heteroatoms. The van der Waals surface area contributed by atoms with Crippen molar-refractivity contribution in [2.24, 2.45) is 10.9 Å². The van der Waals surface area contributed by atoms with Crippen LogP contribution in [0.4, 0.5) is 0 Å². The molecule has 2 aliphatic rings. The van der Waals surface area contributed by atoms with E-state index in [2.05, 4.69) is 20.9 Å². The van der Waals surface area contributed by atoms with E-state index in [1.807, 2.05) is 45.0 Å². The van der Waals surface area contributed by atoms with Crippen LogP contribution in [0.15, 0.2) is 45.0 Å². The summed E-state index contributed by atoms with van der Waals surface area (Å²) in [4.78, 5) is 31.7. The number of fused-ring (bicyclic) bond motifs is 1. The first-order valence-electron chi connectivity index (χ1n) is 8.55. The van der Waals surface area contributed by atoms with Gasteiger partial charge in [0, 0.05) is 16.6 Å². The predicted molar refractivity (Wildman–Crippen MR) is 107 cm³/mol. The van der Waals surface area contributed by atoms with Crippen molar-refractivity contribution in [3.05, 3.63) is 45.6 Å². The Kier molecular flexibility index (Phi) is 5.87. The van der Waals surface area contributed by atoms with E-state index in [0.717, 1.165) is 10.0 Å². The molecule has 3 rings (SSSR count). The topological polar surface area (TPSA) is 59.0 Å². The fourth-order valence-corrected chi connectivity index (χ4v) is 4.21.